The molecule has 0 heteroatoms. The van der Waals surface area contributed by atoms with Gasteiger partial charge in [0.15, 0.2) is 0 Å². The molecule has 0 spiro atoms. The van der Waals surface area contributed by atoms with Crippen LogP contribution in [0.1, 0.15) is 40.0 Å². The third-order valence-electron chi connectivity index (χ3n) is 1.57. The lowest BCUT2D eigenvalue weighted by molar-refractivity contribution is 0.797. The molecule has 0 rings (SSSR count). The van der Waals surface area contributed by atoms with E-state index in [1.165, 1.54) is 24.8 Å². The number of allylic oxidation sites excluding steroid dienone is 4. The summed E-state index contributed by atoms with van der Waals surface area (Å²) in [5, 5.41) is 0. The van der Waals surface area contributed by atoms with Gasteiger partial charge >= 0.3 is 0 Å². The second-order valence-corrected chi connectivity index (χ2v) is 2.47. The lowest BCUT2D eigenvalue weighted by Crippen LogP contribution is -1.77. The van der Waals surface area contributed by atoms with E-state index in [9.17, 15) is 0 Å². The van der Waals surface area contributed by atoms with Gasteiger partial charge in [0, 0.05) is 0 Å². The summed E-state index contributed by atoms with van der Waals surface area (Å²) in [6, 6.07) is 0. The van der Waals surface area contributed by atoms with E-state index in [1.807, 2.05) is 0 Å². The number of rotatable bonds is 4. The summed E-state index contributed by atoms with van der Waals surface area (Å²) in [6.07, 6.45) is 10.3. The Morgan fingerprint density at radius 3 is 2.40 bits per heavy atom. The Morgan fingerprint density at radius 2 is 2.00 bits per heavy atom. The quantitative estimate of drug-likeness (QED) is 0.520. The fraction of sp³-hybridized carbons (Fsp3) is 0.600. The first kappa shape index (κ1) is 9.48. The van der Waals surface area contributed by atoms with Crippen molar-refractivity contribution in [3.8, 4) is 0 Å². The van der Waals surface area contributed by atoms with Crippen LogP contribution in [-0.4, -0.2) is 0 Å². The van der Waals surface area contributed by atoms with Gasteiger partial charge in [0.25, 0.3) is 0 Å². The molecule has 0 heterocycles. The molecule has 0 saturated carbocycles. The van der Waals surface area contributed by atoms with Crippen molar-refractivity contribution >= 4 is 0 Å². The van der Waals surface area contributed by atoms with Gasteiger partial charge in [-0.05, 0) is 26.7 Å². The van der Waals surface area contributed by atoms with Gasteiger partial charge in [-0.25, -0.2) is 0 Å². The van der Waals surface area contributed by atoms with Crippen LogP contribution in [-0.2, 0) is 0 Å². The average molecular weight is 138 g/mol. The van der Waals surface area contributed by atoms with E-state index in [1.54, 1.807) is 0 Å². The zero-order chi connectivity index (χ0) is 7.82. The molecule has 0 unspecified atom stereocenters. The zero-order valence-electron chi connectivity index (χ0n) is 7.35. The SMILES string of the molecule is CC=CC(=CC)CCCC. The fourth-order valence-corrected chi connectivity index (χ4v) is 0.919. The Kier molecular flexibility index (Phi) is 6.25. The molecule has 58 valence electrons. The van der Waals surface area contributed by atoms with Gasteiger partial charge in [-0.1, -0.05) is 37.1 Å². The molecule has 10 heavy (non-hydrogen) atoms. The van der Waals surface area contributed by atoms with E-state index in [0.29, 0.717) is 0 Å². The van der Waals surface area contributed by atoms with Crippen molar-refractivity contribution in [2.75, 3.05) is 0 Å². The van der Waals surface area contributed by atoms with Gasteiger partial charge in [-0.2, -0.15) is 0 Å². The minimum absolute atomic E-state index is 1.23. The highest BCUT2D eigenvalue weighted by atomic mass is 13.9. The topological polar surface area (TPSA) is 0 Å². The largest absolute Gasteiger partial charge is 0.0874 e. The summed E-state index contributed by atoms with van der Waals surface area (Å²) in [5.74, 6) is 0. The molecule has 0 aliphatic carbocycles. The van der Waals surface area contributed by atoms with E-state index < -0.39 is 0 Å². The minimum Gasteiger partial charge on any atom is -0.0874 e. The van der Waals surface area contributed by atoms with Crippen molar-refractivity contribution in [1.82, 2.24) is 0 Å². The summed E-state index contributed by atoms with van der Waals surface area (Å²) < 4.78 is 0. The highest BCUT2D eigenvalue weighted by Crippen LogP contribution is 2.07. The molecule has 0 saturated heterocycles. The fourth-order valence-electron chi connectivity index (χ4n) is 0.919. The summed E-state index contributed by atoms with van der Waals surface area (Å²) in [7, 11) is 0. The Labute approximate surface area is 64.6 Å². The predicted molar refractivity (Wildman–Crippen MR) is 48.1 cm³/mol. The Hall–Kier alpha value is -0.520. The monoisotopic (exact) mass is 138 g/mol. The number of hydrogen-bond donors (Lipinski definition) is 0. The highest BCUT2D eigenvalue weighted by molar-refractivity contribution is 5.16. The third kappa shape index (κ3) is 4.37. The molecular weight excluding hydrogens is 120 g/mol. The predicted octanol–water partition coefficient (Wildman–Crippen LogP) is 3.70. The van der Waals surface area contributed by atoms with E-state index in [4.69, 9.17) is 0 Å². The molecule has 0 bridgehead atoms. The van der Waals surface area contributed by atoms with Gasteiger partial charge in [-0.15, -0.1) is 0 Å². The van der Waals surface area contributed by atoms with Crippen molar-refractivity contribution in [2.24, 2.45) is 0 Å². The van der Waals surface area contributed by atoms with Crippen LogP contribution in [0, 0.1) is 0 Å². The average Bonchev–Trinajstić information content (AvgIpc) is 1.98. The van der Waals surface area contributed by atoms with E-state index >= 15 is 0 Å². The van der Waals surface area contributed by atoms with Crippen LogP contribution in [0.5, 0.6) is 0 Å². The van der Waals surface area contributed by atoms with E-state index in [2.05, 4.69) is 39.0 Å². The van der Waals surface area contributed by atoms with Gasteiger partial charge in [-0.3, -0.25) is 0 Å². The molecule has 0 aliphatic heterocycles. The molecule has 0 radical (unpaired) electrons. The van der Waals surface area contributed by atoms with Crippen LogP contribution in [0.25, 0.3) is 0 Å². The van der Waals surface area contributed by atoms with Crippen molar-refractivity contribution in [1.29, 1.82) is 0 Å². The first-order chi connectivity index (χ1) is 4.85. The maximum Gasteiger partial charge on any atom is -0.0282 e. The molecule has 0 aromatic rings. The number of hydrogen-bond acceptors (Lipinski definition) is 0. The molecule has 0 aliphatic rings. The Balaban J connectivity index is 3.62. The molecule has 0 aromatic heterocycles. The molecular formula is C10H18. The van der Waals surface area contributed by atoms with Crippen LogP contribution in [0.4, 0.5) is 0 Å². The van der Waals surface area contributed by atoms with Crippen LogP contribution in [0.3, 0.4) is 0 Å². The number of unbranched alkanes of at least 4 members (excludes halogenated alkanes) is 1. The van der Waals surface area contributed by atoms with Gasteiger partial charge in [0.2, 0.25) is 0 Å². The van der Waals surface area contributed by atoms with Crippen LogP contribution >= 0.6 is 0 Å². The summed E-state index contributed by atoms with van der Waals surface area (Å²) in [6.45, 7) is 6.39. The summed E-state index contributed by atoms with van der Waals surface area (Å²) in [4.78, 5) is 0. The maximum absolute atomic E-state index is 2.23. The normalized spacial score (nSPS) is 12.9. The first-order valence-corrected chi connectivity index (χ1v) is 4.13. The Morgan fingerprint density at radius 1 is 1.30 bits per heavy atom. The van der Waals surface area contributed by atoms with Crippen molar-refractivity contribution in [2.45, 2.75) is 40.0 Å². The molecule has 0 amide bonds. The smallest absolute Gasteiger partial charge is 0.0282 e. The highest BCUT2D eigenvalue weighted by Gasteiger charge is 1.87. The second-order valence-electron chi connectivity index (χ2n) is 2.47. The van der Waals surface area contributed by atoms with Gasteiger partial charge in [0.05, 0.1) is 0 Å². The maximum atomic E-state index is 2.23. The van der Waals surface area contributed by atoms with E-state index in [0.717, 1.165) is 0 Å². The van der Waals surface area contributed by atoms with Gasteiger partial charge in [0.1, 0.15) is 0 Å². The molecule has 0 fully saturated rings. The summed E-state index contributed by atoms with van der Waals surface area (Å²) in [5.41, 5.74) is 1.46. The first-order valence-electron chi connectivity index (χ1n) is 4.13. The van der Waals surface area contributed by atoms with E-state index in [-0.39, 0.29) is 0 Å². The second kappa shape index (κ2) is 6.60. The third-order valence-corrected chi connectivity index (χ3v) is 1.57. The van der Waals surface area contributed by atoms with Crippen LogP contribution in [0.15, 0.2) is 23.8 Å². The zero-order valence-corrected chi connectivity index (χ0v) is 7.35. The van der Waals surface area contributed by atoms with Gasteiger partial charge < -0.3 is 0 Å². The lowest BCUT2D eigenvalue weighted by Gasteiger charge is -1.97. The van der Waals surface area contributed by atoms with Crippen LogP contribution in [0.2, 0.25) is 0 Å². The molecule has 0 N–H and O–H groups in total. The van der Waals surface area contributed by atoms with Crippen molar-refractivity contribution < 1.29 is 0 Å². The minimum atomic E-state index is 1.23. The molecule has 0 nitrogen and oxygen atoms in total. The summed E-state index contributed by atoms with van der Waals surface area (Å²) >= 11 is 0. The van der Waals surface area contributed by atoms with Crippen molar-refractivity contribution in [3.05, 3.63) is 23.8 Å². The molecule has 0 aromatic carbocycles. The Bertz CT molecular complexity index is 118. The lowest BCUT2D eigenvalue weighted by atomic mass is 10.1. The van der Waals surface area contributed by atoms with Crippen LogP contribution < -0.4 is 0 Å². The standard InChI is InChI=1S/C10H18/c1-4-7-9-10(6-3)8-5-2/h5-6,8H,4,7,9H2,1-3H3. The van der Waals surface area contributed by atoms with Crippen molar-refractivity contribution in [3.63, 3.8) is 0 Å². The molecule has 0 atom stereocenters.